The summed E-state index contributed by atoms with van der Waals surface area (Å²) in [6, 6.07) is 0.384. The maximum Gasteiger partial charge on any atom is 0.410 e. The molecule has 0 N–H and O–H groups in total. The SMILES string of the molecule is CC(C)C[C@@H]1CCCN1C(=O)OC(C)(C)C. The van der Waals surface area contributed by atoms with Gasteiger partial charge in [-0.1, -0.05) is 13.8 Å². The molecule has 0 saturated carbocycles. The summed E-state index contributed by atoms with van der Waals surface area (Å²) in [7, 11) is 0. The topological polar surface area (TPSA) is 29.5 Å². The van der Waals surface area contributed by atoms with Gasteiger partial charge in [-0.25, -0.2) is 4.79 Å². The van der Waals surface area contributed by atoms with Crippen molar-refractivity contribution in [3.05, 3.63) is 0 Å². The van der Waals surface area contributed by atoms with E-state index in [-0.39, 0.29) is 11.7 Å². The first-order chi connectivity index (χ1) is 7.29. The molecule has 0 aliphatic carbocycles. The van der Waals surface area contributed by atoms with E-state index >= 15 is 0 Å². The number of likely N-dealkylation sites (tertiary alicyclic amines) is 1. The third kappa shape index (κ3) is 4.03. The molecule has 3 heteroatoms. The van der Waals surface area contributed by atoms with Crippen molar-refractivity contribution in [1.82, 2.24) is 4.90 Å². The minimum Gasteiger partial charge on any atom is -0.444 e. The molecule has 0 aromatic heterocycles. The smallest absolute Gasteiger partial charge is 0.410 e. The molecule has 1 aliphatic heterocycles. The molecule has 1 atom stereocenters. The number of carbonyl (C=O) groups excluding carboxylic acids is 1. The first-order valence-electron chi connectivity index (χ1n) is 6.29. The van der Waals surface area contributed by atoms with Crippen LogP contribution >= 0.6 is 0 Å². The summed E-state index contributed by atoms with van der Waals surface area (Å²) >= 11 is 0. The van der Waals surface area contributed by atoms with Crippen LogP contribution in [0.15, 0.2) is 0 Å². The first-order valence-corrected chi connectivity index (χ1v) is 6.29. The Balaban J connectivity index is 2.54. The normalized spacial score (nSPS) is 21.6. The van der Waals surface area contributed by atoms with Crippen LogP contribution in [0.1, 0.15) is 53.9 Å². The van der Waals surface area contributed by atoms with Crippen molar-refractivity contribution in [3.8, 4) is 0 Å². The lowest BCUT2D eigenvalue weighted by molar-refractivity contribution is 0.0212. The zero-order chi connectivity index (χ0) is 12.3. The van der Waals surface area contributed by atoms with Gasteiger partial charge in [0.2, 0.25) is 0 Å². The molecule has 0 spiro atoms. The van der Waals surface area contributed by atoms with E-state index in [1.165, 1.54) is 0 Å². The summed E-state index contributed by atoms with van der Waals surface area (Å²) in [4.78, 5) is 13.9. The molecule has 0 aromatic rings. The van der Waals surface area contributed by atoms with E-state index in [1.807, 2.05) is 25.7 Å². The fourth-order valence-corrected chi connectivity index (χ4v) is 2.19. The minimum absolute atomic E-state index is 0.143. The van der Waals surface area contributed by atoms with E-state index < -0.39 is 0 Å². The summed E-state index contributed by atoms with van der Waals surface area (Å²) in [5, 5.41) is 0. The number of rotatable bonds is 2. The molecule has 1 amide bonds. The Morgan fingerprint density at radius 2 is 2.06 bits per heavy atom. The number of carbonyl (C=O) groups is 1. The Morgan fingerprint density at radius 3 is 2.56 bits per heavy atom. The van der Waals surface area contributed by atoms with Gasteiger partial charge in [0.25, 0.3) is 0 Å². The van der Waals surface area contributed by atoms with E-state index in [1.54, 1.807) is 0 Å². The summed E-state index contributed by atoms with van der Waals surface area (Å²) in [5.41, 5.74) is -0.387. The Labute approximate surface area is 99.1 Å². The van der Waals surface area contributed by atoms with E-state index in [0.29, 0.717) is 12.0 Å². The average molecular weight is 227 g/mol. The zero-order valence-corrected chi connectivity index (χ0v) is 11.2. The maximum atomic E-state index is 12.0. The lowest BCUT2D eigenvalue weighted by Gasteiger charge is -2.29. The molecular formula is C13H25NO2. The monoisotopic (exact) mass is 227 g/mol. The quantitative estimate of drug-likeness (QED) is 0.723. The summed E-state index contributed by atoms with van der Waals surface area (Å²) < 4.78 is 5.42. The predicted octanol–water partition coefficient (Wildman–Crippen LogP) is 3.43. The van der Waals surface area contributed by atoms with Crippen LogP contribution in [-0.4, -0.2) is 29.2 Å². The minimum atomic E-state index is -0.387. The molecule has 1 rings (SSSR count). The zero-order valence-electron chi connectivity index (χ0n) is 11.2. The van der Waals surface area contributed by atoms with E-state index in [0.717, 1.165) is 25.8 Å². The molecule has 3 nitrogen and oxygen atoms in total. The highest BCUT2D eigenvalue weighted by atomic mass is 16.6. The van der Waals surface area contributed by atoms with Crippen molar-refractivity contribution < 1.29 is 9.53 Å². The number of ether oxygens (including phenoxy) is 1. The number of hydrogen-bond acceptors (Lipinski definition) is 2. The fraction of sp³-hybridized carbons (Fsp3) is 0.923. The number of amides is 1. The van der Waals surface area contributed by atoms with Gasteiger partial charge in [-0.2, -0.15) is 0 Å². The summed E-state index contributed by atoms with van der Waals surface area (Å²) in [6.07, 6.45) is 3.17. The first kappa shape index (κ1) is 13.3. The third-order valence-corrected chi connectivity index (χ3v) is 2.75. The maximum absolute atomic E-state index is 12.0. The molecular weight excluding hydrogens is 202 g/mol. The van der Waals surface area contributed by atoms with E-state index in [2.05, 4.69) is 13.8 Å². The van der Waals surface area contributed by atoms with Crippen LogP contribution < -0.4 is 0 Å². The molecule has 94 valence electrons. The average Bonchev–Trinajstić information content (AvgIpc) is 2.47. The predicted molar refractivity (Wildman–Crippen MR) is 65.4 cm³/mol. The van der Waals surface area contributed by atoms with Gasteiger partial charge < -0.3 is 9.64 Å². The van der Waals surface area contributed by atoms with E-state index in [9.17, 15) is 4.79 Å². The summed E-state index contributed by atoms with van der Waals surface area (Å²) in [5.74, 6) is 0.632. The largest absolute Gasteiger partial charge is 0.444 e. The van der Waals surface area contributed by atoms with Crippen LogP contribution in [0.3, 0.4) is 0 Å². The van der Waals surface area contributed by atoms with Gasteiger partial charge in [0, 0.05) is 12.6 Å². The lowest BCUT2D eigenvalue weighted by atomic mass is 10.0. The van der Waals surface area contributed by atoms with Gasteiger partial charge >= 0.3 is 6.09 Å². The van der Waals surface area contributed by atoms with Crippen LogP contribution in [-0.2, 0) is 4.74 Å². The number of hydrogen-bond donors (Lipinski definition) is 0. The molecule has 1 aliphatic rings. The van der Waals surface area contributed by atoms with Crippen LogP contribution in [0.25, 0.3) is 0 Å². The van der Waals surface area contributed by atoms with E-state index in [4.69, 9.17) is 4.74 Å². The lowest BCUT2D eigenvalue weighted by Crippen LogP contribution is -2.40. The Hall–Kier alpha value is -0.730. The second-order valence-electron chi connectivity index (χ2n) is 6.10. The highest BCUT2D eigenvalue weighted by Gasteiger charge is 2.32. The third-order valence-electron chi connectivity index (χ3n) is 2.75. The van der Waals surface area contributed by atoms with Crippen molar-refractivity contribution in [2.45, 2.75) is 65.5 Å². The van der Waals surface area contributed by atoms with Crippen LogP contribution in [0.4, 0.5) is 4.79 Å². The van der Waals surface area contributed by atoms with Gasteiger partial charge in [0.1, 0.15) is 5.60 Å². The van der Waals surface area contributed by atoms with Gasteiger partial charge in [-0.3, -0.25) is 0 Å². The Kier molecular flexibility index (Phi) is 4.22. The molecule has 0 bridgehead atoms. The Bertz CT molecular complexity index is 243. The van der Waals surface area contributed by atoms with Crippen molar-refractivity contribution in [3.63, 3.8) is 0 Å². The molecule has 1 heterocycles. The van der Waals surface area contributed by atoms with Crippen LogP contribution in [0.2, 0.25) is 0 Å². The molecule has 16 heavy (non-hydrogen) atoms. The Morgan fingerprint density at radius 1 is 1.44 bits per heavy atom. The second kappa shape index (κ2) is 5.07. The van der Waals surface area contributed by atoms with Gasteiger partial charge in [0.05, 0.1) is 0 Å². The standard InChI is InChI=1S/C13H25NO2/c1-10(2)9-11-7-6-8-14(11)12(15)16-13(3,4)5/h10-11H,6-9H2,1-5H3/t11-/m0/s1. The highest BCUT2D eigenvalue weighted by Crippen LogP contribution is 2.25. The van der Waals surface area contributed by atoms with Crippen molar-refractivity contribution in [2.75, 3.05) is 6.54 Å². The van der Waals surface area contributed by atoms with Crippen LogP contribution in [0.5, 0.6) is 0 Å². The van der Waals surface area contributed by atoms with Gasteiger partial charge in [0.15, 0.2) is 0 Å². The second-order valence-corrected chi connectivity index (χ2v) is 6.10. The molecule has 1 saturated heterocycles. The van der Waals surface area contributed by atoms with Crippen molar-refractivity contribution >= 4 is 6.09 Å². The number of nitrogens with zero attached hydrogens (tertiary/aromatic N) is 1. The molecule has 0 aromatic carbocycles. The summed E-state index contributed by atoms with van der Waals surface area (Å²) in [6.45, 7) is 11.0. The molecule has 0 radical (unpaired) electrons. The van der Waals surface area contributed by atoms with Crippen molar-refractivity contribution in [1.29, 1.82) is 0 Å². The van der Waals surface area contributed by atoms with Gasteiger partial charge in [-0.05, 0) is 46.0 Å². The molecule has 0 unspecified atom stereocenters. The highest BCUT2D eigenvalue weighted by molar-refractivity contribution is 5.68. The van der Waals surface area contributed by atoms with Crippen LogP contribution in [0, 0.1) is 5.92 Å². The fourth-order valence-electron chi connectivity index (χ4n) is 2.19. The molecule has 1 fully saturated rings. The van der Waals surface area contributed by atoms with Gasteiger partial charge in [-0.15, -0.1) is 0 Å². The van der Waals surface area contributed by atoms with Crippen molar-refractivity contribution in [2.24, 2.45) is 5.92 Å².